The zero-order valence-corrected chi connectivity index (χ0v) is 23.0. The Morgan fingerprint density at radius 2 is 1.81 bits per heavy atom. The van der Waals surface area contributed by atoms with Gasteiger partial charge in [0.15, 0.2) is 5.13 Å². The molecule has 10 heteroatoms. The van der Waals surface area contributed by atoms with Crippen molar-refractivity contribution in [3.8, 4) is 0 Å². The monoisotopic (exact) mass is 554 g/mol. The van der Waals surface area contributed by atoms with Gasteiger partial charge in [0.05, 0.1) is 21.7 Å². The Labute approximate surface area is 225 Å². The van der Waals surface area contributed by atoms with E-state index >= 15 is 0 Å². The van der Waals surface area contributed by atoms with Crippen LogP contribution < -0.4 is 4.90 Å². The second-order valence-electron chi connectivity index (χ2n) is 9.32. The Kier molecular flexibility index (Phi) is 7.31. The lowest BCUT2D eigenvalue weighted by atomic mass is 9.96. The standard InChI is InChI=1S/C27H27ClN4O3S2/c1-18-14-24-25(15-19(18)2)36-27(30-24)32(17-20-4-3-11-29-16-20)26(33)21-9-12-31(13-10-21)37(34,35)23-7-5-22(28)6-8-23/h3-8,11,14-16,21H,9-10,12-13,17H2,1-2H3. The lowest BCUT2D eigenvalue weighted by Gasteiger charge is -2.33. The third-order valence-electron chi connectivity index (χ3n) is 6.81. The summed E-state index contributed by atoms with van der Waals surface area (Å²) in [7, 11) is -3.64. The molecule has 4 aromatic rings. The van der Waals surface area contributed by atoms with Gasteiger partial charge in [-0.15, -0.1) is 0 Å². The maximum atomic E-state index is 13.9. The number of hydrogen-bond donors (Lipinski definition) is 0. The van der Waals surface area contributed by atoms with E-state index in [2.05, 4.69) is 31.0 Å². The van der Waals surface area contributed by atoms with Gasteiger partial charge < -0.3 is 0 Å². The highest BCUT2D eigenvalue weighted by molar-refractivity contribution is 7.89. The van der Waals surface area contributed by atoms with E-state index in [9.17, 15) is 13.2 Å². The number of fused-ring (bicyclic) bond motifs is 1. The van der Waals surface area contributed by atoms with Gasteiger partial charge in [-0.3, -0.25) is 14.7 Å². The number of carbonyl (C=O) groups excluding carboxylic acids is 1. The number of carbonyl (C=O) groups is 1. The summed E-state index contributed by atoms with van der Waals surface area (Å²) in [5.41, 5.74) is 4.12. The van der Waals surface area contributed by atoms with Crippen LogP contribution in [0, 0.1) is 19.8 Å². The number of aryl methyl sites for hydroxylation is 2. The highest BCUT2D eigenvalue weighted by atomic mass is 35.5. The van der Waals surface area contributed by atoms with Crippen LogP contribution in [0.25, 0.3) is 10.2 Å². The second kappa shape index (κ2) is 10.5. The molecule has 2 aromatic heterocycles. The Morgan fingerprint density at radius 1 is 1.11 bits per heavy atom. The predicted molar refractivity (Wildman–Crippen MR) is 147 cm³/mol. The summed E-state index contributed by atoms with van der Waals surface area (Å²) in [5, 5.41) is 1.13. The summed E-state index contributed by atoms with van der Waals surface area (Å²) in [5.74, 6) is -0.344. The van der Waals surface area contributed by atoms with Crippen molar-refractivity contribution in [2.75, 3.05) is 18.0 Å². The molecule has 7 nitrogen and oxygen atoms in total. The Balaban J connectivity index is 1.38. The molecule has 0 saturated carbocycles. The summed E-state index contributed by atoms with van der Waals surface area (Å²) in [6, 6.07) is 14.1. The minimum absolute atomic E-state index is 0.0418. The fraction of sp³-hybridized carbons (Fsp3) is 0.296. The summed E-state index contributed by atoms with van der Waals surface area (Å²) in [4.78, 5) is 24.8. The zero-order valence-electron chi connectivity index (χ0n) is 20.6. The Hall–Kier alpha value is -2.85. The topological polar surface area (TPSA) is 83.5 Å². The average molecular weight is 555 g/mol. The molecule has 1 saturated heterocycles. The number of piperidine rings is 1. The Bertz CT molecular complexity index is 1490. The summed E-state index contributed by atoms with van der Waals surface area (Å²) >= 11 is 7.42. The van der Waals surface area contributed by atoms with Crippen LogP contribution in [0.1, 0.15) is 29.5 Å². The largest absolute Gasteiger partial charge is 0.283 e. The highest BCUT2D eigenvalue weighted by Crippen LogP contribution is 2.34. The molecule has 0 radical (unpaired) electrons. The van der Waals surface area contributed by atoms with Crippen LogP contribution >= 0.6 is 22.9 Å². The molecule has 0 aliphatic carbocycles. The number of rotatable bonds is 6. The number of hydrogen-bond acceptors (Lipinski definition) is 6. The van der Waals surface area contributed by atoms with Crippen LogP contribution in [0.2, 0.25) is 5.02 Å². The molecule has 0 N–H and O–H groups in total. The maximum Gasteiger partial charge on any atom is 0.243 e. The maximum absolute atomic E-state index is 13.9. The lowest BCUT2D eigenvalue weighted by molar-refractivity contribution is -0.123. The highest BCUT2D eigenvalue weighted by Gasteiger charge is 2.35. The third-order valence-corrected chi connectivity index (χ3v) is 10.0. The molecule has 0 spiro atoms. The van der Waals surface area contributed by atoms with E-state index in [1.165, 1.54) is 33.3 Å². The quantitative estimate of drug-likeness (QED) is 0.310. The minimum atomic E-state index is -3.64. The van der Waals surface area contributed by atoms with E-state index in [4.69, 9.17) is 16.6 Å². The van der Waals surface area contributed by atoms with Gasteiger partial charge >= 0.3 is 0 Å². The van der Waals surface area contributed by atoms with Crippen molar-refractivity contribution >= 4 is 54.2 Å². The van der Waals surface area contributed by atoms with Crippen molar-refractivity contribution < 1.29 is 13.2 Å². The smallest absolute Gasteiger partial charge is 0.243 e. The van der Waals surface area contributed by atoms with Crippen LogP contribution in [0.15, 0.2) is 65.8 Å². The van der Waals surface area contributed by atoms with Crippen LogP contribution in [0.4, 0.5) is 5.13 Å². The van der Waals surface area contributed by atoms with Gasteiger partial charge in [0.2, 0.25) is 15.9 Å². The molecule has 1 fully saturated rings. The molecule has 1 aliphatic rings. The summed E-state index contributed by atoms with van der Waals surface area (Å²) in [6.45, 7) is 5.03. The molecule has 0 unspecified atom stereocenters. The first-order chi connectivity index (χ1) is 17.7. The van der Waals surface area contributed by atoms with Gasteiger partial charge in [0.1, 0.15) is 0 Å². The van der Waals surface area contributed by atoms with E-state index < -0.39 is 10.0 Å². The van der Waals surface area contributed by atoms with E-state index in [0.717, 1.165) is 21.3 Å². The van der Waals surface area contributed by atoms with Crippen molar-refractivity contribution in [3.05, 3.63) is 82.6 Å². The molecule has 1 aliphatic heterocycles. The van der Waals surface area contributed by atoms with Gasteiger partial charge in [0.25, 0.3) is 0 Å². The van der Waals surface area contributed by atoms with Gasteiger partial charge in [0, 0.05) is 36.4 Å². The van der Waals surface area contributed by atoms with Crippen LogP contribution in [-0.4, -0.2) is 41.7 Å². The fourth-order valence-corrected chi connectivity index (χ4v) is 7.16. The SMILES string of the molecule is Cc1cc2nc(N(Cc3cccnc3)C(=O)C3CCN(S(=O)(=O)c4ccc(Cl)cc4)CC3)sc2cc1C. The third kappa shape index (κ3) is 5.40. The minimum Gasteiger partial charge on any atom is -0.283 e. The summed E-state index contributed by atoms with van der Waals surface area (Å²) in [6.07, 6.45) is 4.34. The molecule has 3 heterocycles. The number of amides is 1. The van der Waals surface area contributed by atoms with Crippen LogP contribution in [0.5, 0.6) is 0 Å². The first kappa shape index (κ1) is 25.8. The molecule has 2 aromatic carbocycles. The van der Waals surface area contributed by atoms with Gasteiger partial charge in [-0.25, -0.2) is 13.4 Å². The molecular formula is C27H27ClN4O3S2. The molecule has 5 rings (SSSR count). The average Bonchev–Trinajstić information content (AvgIpc) is 3.30. The number of pyridine rings is 1. The number of nitrogens with zero attached hydrogens (tertiary/aromatic N) is 4. The van der Waals surface area contributed by atoms with E-state index in [1.54, 1.807) is 29.4 Å². The van der Waals surface area contributed by atoms with Crippen molar-refractivity contribution in [3.63, 3.8) is 0 Å². The van der Waals surface area contributed by atoms with E-state index in [1.807, 2.05) is 12.1 Å². The van der Waals surface area contributed by atoms with Crippen molar-refractivity contribution in [2.24, 2.45) is 5.92 Å². The van der Waals surface area contributed by atoms with Gasteiger partial charge in [-0.05, 0) is 85.8 Å². The number of aromatic nitrogens is 2. The number of halogens is 1. The Morgan fingerprint density at radius 3 is 2.49 bits per heavy atom. The van der Waals surface area contributed by atoms with Crippen LogP contribution in [0.3, 0.4) is 0 Å². The molecule has 192 valence electrons. The van der Waals surface area contributed by atoms with Gasteiger partial charge in [-0.1, -0.05) is 29.0 Å². The lowest BCUT2D eigenvalue weighted by Crippen LogP contribution is -2.44. The number of benzene rings is 2. The first-order valence-corrected chi connectivity index (χ1v) is 14.7. The molecule has 0 bridgehead atoms. The number of sulfonamides is 1. The molecular weight excluding hydrogens is 528 g/mol. The van der Waals surface area contributed by atoms with Gasteiger partial charge in [-0.2, -0.15) is 4.31 Å². The molecule has 0 atom stereocenters. The molecule has 37 heavy (non-hydrogen) atoms. The van der Waals surface area contributed by atoms with Crippen molar-refractivity contribution in [1.82, 2.24) is 14.3 Å². The number of anilines is 1. The van der Waals surface area contributed by atoms with Crippen LogP contribution in [-0.2, 0) is 21.4 Å². The van der Waals surface area contributed by atoms with Crippen molar-refractivity contribution in [1.29, 1.82) is 0 Å². The van der Waals surface area contributed by atoms with E-state index in [0.29, 0.717) is 29.5 Å². The number of thiazole rings is 1. The zero-order chi connectivity index (χ0) is 26.2. The second-order valence-corrected chi connectivity index (χ2v) is 12.7. The van der Waals surface area contributed by atoms with E-state index in [-0.39, 0.29) is 29.8 Å². The first-order valence-electron chi connectivity index (χ1n) is 12.1. The fourth-order valence-electron chi connectivity index (χ4n) is 4.52. The summed E-state index contributed by atoms with van der Waals surface area (Å²) < 4.78 is 28.7. The normalized spacial score (nSPS) is 15.2. The molecule has 1 amide bonds. The van der Waals surface area contributed by atoms with Crippen molar-refractivity contribution in [2.45, 2.75) is 38.1 Å². The predicted octanol–water partition coefficient (Wildman–Crippen LogP) is 5.60.